The van der Waals surface area contributed by atoms with Crippen molar-refractivity contribution in [2.75, 3.05) is 5.32 Å². The first-order valence-electron chi connectivity index (χ1n) is 6.75. The molecule has 3 aromatic rings. The van der Waals surface area contributed by atoms with E-state index >= 15 is 0 Å². The normalized spacial score (nSPS) is 10.4. The summed E-state index contributed by atoms with van der Waals surface area (Å²) in [6.07, 6.45) is 0. The van der Waals surface area contributed by atoms with Crippen molar-refractivity contribution in [3.8, 4) is 0 Å². The molecule has 23 heavy (non-hydrogen) atoms. The minimum absolute atomic E-state index is 0.110. The molecule has 1 heterocycles. The number of carbonyl (C=O) groups is 2. The maximum atomic E-state index is 12.4. The number of hydrogen-bond acceptors (Lipinski definition) is 4. The Morgan fingerprint density at radius 1 is 1.00 bits per heavy atom. The molecule has 0 spiro atoms. The molecular weight excluding hydrogens is 296 g/mol. The van der Waals surface area contributed by atoms with E-state index in [1.165, 1.54) is 12.1 Å². The lowest BCUT2D eigenvalue weighted by molar-refractivity contribution is 0.0998. The molecule has 7 nitrogen and oxygen atoms in total. The topological polar surface area (TPSA) is 118 Å². The second-order valence-electron chi connectivity index (χ2n) is 4.84. The summed E-state index contributed by atoms with van der Waals surface area (Å²) < 4.78 is 0. The third-order valence-corrected chi connectivity index (χ3v) is 3.34. The minimum atomic E-state index is -0.545. The van der Waals surface area contributed by atoms with Crippen molar-refractivity contribution in [3.63, 3.8) is 0 Å². The van der Waals surface area contributed by atoms with Crippen LogP contribution >= 0.6 is 0 Å². The fourth-order valence-corrected chi connectivity index (χ4v) is 2.20. The summed E-state index contributed by atoms with van der Waals surface area (Å²) in [5.41, 5.74) is 5.74. The molecule has 0 aliphatic carbocycles. The summed E-state index contributed by atoms with van der Waals surface area (Å²) >= 11 is 0. The van der Waals surface area contributed by atoms with Crippen LogP contribution in [0.5, 0.6) is 0 Å². The van der Waals surface area contributed by atoms with Gasteiger partial charge in [-0.05, 0) is 30.3 Å². The number of rotatable bonds is 3. The van der Waals surface area contributed by atoms with Crippen LogP contribution in [0, 0.1) is 0 Å². The molecule has 0 saturated heterocycles. The molecule has 0 bridgehead atoms. The zero-order chi connectivity index (χ0) is 16.4. The Kier molecular flexibility index (Phi) is 3.60. The number of nitrogens with one attached hydrogen (secondary N) is 2. The number of anilines is 1. The van der Waals surface area contributed by atoms with Gasteiger partial charge in [0.25, 0.3) is 11.5 Å². The van der Waals surface area contributed by atoms with E-state index in [0.717, 1.165) is 0 Å². The highest BCUT2D eigenvalue weighted by atomic mass is 16.2. The van der Waals surface area contributed by atoms with Crippen molar-refractivity contribution >= 4 is 28.3 Å². The van der Waals surface area contributed by atoms with Gasteiger partial charge in [-0.15, -0.1) is 0 Å². The Balaban J connectivity index is 1.93. The SMILES string of the molecule is NC(=O)c1ccc(NC(=O)c2n[nH]c(=O)c3ccccc23)cc1. The van der Waals surface area contributed by atoms with Crippen LogP contribution in [0.1, 0.15) is 20.8 Å². The van der Waals surface area contributed by atoms with E-state index in [1.807, 2.05) is 0 Å². The zero-order valence-corrected chi connectivity index (χ0v) is 11.9. The second-order valence-corrected chi connectivity index (χ2v) is 4.84. The number of aromatic nitrogens is 2. The molecule has 114 valence electrons. The first-order chi connectivity index (χ1) is 11.1. The van der Waals surface area contributed by atoms with Crippen LogP contribution in [-0.4, -0.2) is 22.0 Å². The van der Waals surface area contributed by atoms with Crippen molar-refractivity contribution in [2.45, 2.75) is 0 Å². The van der Waals surface area contributed by atoms with Gasteiger partial charge in [-0.2, -0.15) is 5.10 Å². The summed E-state index contributed by atoms with van der Waals surface area (Å²) in [5.74, 6) is -1.01. The number of nitrogens with zero attached hydrogens (tertiary/aromatic N) is 1. The fraction of sp³-hybridized carbons (Fsp3) is 0. The lowest BCUT2D eigenvalue weighted by Crippen LogP contribution is -2.19. The quantitative estimate of drug-likeness (QED) is 0.675. The molecule has 4 N–H and O–H groups in total. The van der Waals surface area contributed by atoms with Crippen molar-refractivity contribution in [1.82, 2.24) is 10.2 Å². The molecule has 1 aromatic heterocycles. The standard InChI is InChI=1S/C16H12N4O3/c17-14(21)9-5-7-10(8-6-9)18-16(23)13-11-3-1-2-4-12(11)15(22)20-19-13/h1-8H,(H2,17,21)(H,18,23)(H,20,22). The van der Waals surface area contributed by atoms with Crippen LogP contribution in [0.25, 0.3) is 10.8 Å². The van der Waals surface area contributed by atoms with Gasteiger partial charge in [0.15, 0.2) is 5.69 Å². The molecule has 0 fully saturated rings. The van der Waals surface area contributed by atoms with Crippen LogP contribution in [-0.2, 0) is 0 Å². The van der Waals surface area contributed by atoms with Crippen molar-refractivity contribution in [1.29, 1.82) is 0 Å². The number of nitrogens with two attached hydrogens (primary N) is 1. The highest BCUT2D eigenvalue weighted by Gasteiger charge is 2.14. The molecule has 0 aliphatic rings. The van der Waals surface area contributed by atoms with Crippen LogP contribution in [0.3, 0.4) is 0 Å². The summed E-state index contributed by atoms with van der Waals surface area (Å²) in [5, 5.41) is 9.64. The van der Waals surface area contributed by atoms with Gasteiger partial charge in [0.1, 0.15) is 0 Å². The Morgan fingerprint density at radius 2 is 1.65 bits per heavy atom. The maximum absolute atomic E-state index is 12.4. The Hall–Kier alpha value is -3.48. The van der Waals surface area contributed by atoms with Crippen LogP contribution in [0.15, 0.2) is 53.3 Å². The summed E-state index contributed by atoms with van der Waals surface area (Å²) in [6, 6.07) is 12.9. The smallest absolute Gasteiger partial charge is 0.276 e. The van der Waals surface area contributed by atoms with Crippen molar-refractivity contribution < 1.29 is 9.59 Å². The number of primary amides is 1. The van der Waals surface area contributed by atoms with E-state index in [-0.39, 0.29) is 11.3 Å². The number of carbonyl (C=O) groups excluding carboxylic acids is 2. The van der Waals surface area contributed by atoms with Crippen molar-refractivity contribution in [2.24, 2.45) is 5.73 Å². The summed E-state index contributed by atoms with van der Waals surface area (Å²) in [6.45, 7) is 0. The molecule has 2 aromatic carbocycles. The molecule has 3 rings (SSSR count). The van der Waals surface area contributed by atoms with E-state index in [9.17, 15) is 14.4 Å². The molecular formula is C16H12N4O3. The molecule has 0 atom stereocenters. The van der Waals surface area contributed by atoms with Gasteiger partial charge in [-0.25, -0.2) is 5.10 Å². The minimum Gasteiger partial charge on any atom is -0.366 e. The predicted octanol–water partition coefficient (Wildman–Crippen LogP) is 1.27. The van der Waals surface area contributed by atoms with E-state index in [2.05, 4.69) is 15.5 Å². The number of hydrogen-bond donors (Lipinski definition) is 3. The zero-order valence-electron chi connectivity index (χ0n) is 11.9. The third-order valence-electron chi connectivity index (χ3n) is 3.34. The third kappa shape index (κ3) is 2.80. The molecule has 0 radical (unpaired) electrons. The predicted molar refractivity (Wildman–Crippen MR) is 85.3 cm³/mol. The van der Waals surface area contributed by atoms with Gasteiger partial charge >= 0.3 is 0 Å². The van der Waals surface area contributed by atoms with E-state index < -0.39 is 11.8 Å². The highest BCUT2D eigenvalue weighted by Crippen LogP contribution is 2.15. The first kappa shape index (κ1) is 14.5. The van der Waals surface area contributed by atoms with E-state index in [4.69, 9.17) is 5.73 Å². The largest absolute Gasteiger partial charge is 0.366 e. The Labute approximate surface area is 130 Å². The molecule has 0 saturated carbocycles. The number of aromatic amines is 1. The number of amides is 2. The van der Waals surface area contributed by atoms with Gasteiger partial charge in [0.05, 0.1) is 5.39 Å². The number of fused-ring (bicyclic) bond motifs is 1. The second kappa shape index (κ2) is 5.72. The lowest BCUT2D eigenvalue weighted by Gasteiger charge is -2.07. The van der Waals surface area contributed by atoms with Crippen LogP contribution < -0.4 is 16.6 Å². The highest BCUT2D eigenvalue weighted by molar-refractivity contribution is 6.11. The van der Waals surface area contributed by atoms with Gasteiger partial charge in [-0.3, -0.25) is 14.4 Å². The maximum Gasteiger partial charge on any atom is 0.276 e. The average molecular weight is 308 g/mol. The van der Waals surface area contributed by atoms with Gasteiger partial charge < -0.3 is 11.1 Å². The van der Waals surface area contributed by atoms with Crippen LogP contribution in [0.4, 0.5) is 5.69 Å². The van der Waals surface area contributed by atoms with E-state index in [0.29, 0.717) is 22.0 Å². The van der Waals surface area contributed by atoms with Gasteiger partial charge in [0, 0.05) is 16.6 Å². The van der Waals surface area contributed by atoms with Crippen LogP contribution in [0.2, 0.25) is 0 Å². The number of benzene rings is 2. The summed E-state index contributed by atoms with van der Waals surface area (Å²) in [4.78, 5) is 35.1. The lowest BCUT2D eigenvalue weighted by atomic mass is 10.1. The Morgan fingerprint density at radius 3 is 2.30 bits per heavy atom. The Bertz CT molecular complexity index is 961. The molecule has 2 amide bonds. The monoisotopic (exact) mass is 308 g/mol. The molecule has 0 unspecified atom stereocenters. The average Bonchev–Trinajstić information content (AvgIpc) is 2.56. The van der Waals surface area contributed by atoms with Gasteiger partial charge in [-0.1, -0.05) is 18.2 Å². The fourth-order valence-electron chi connectivity index (χ4n) is 2.20. The van der Waals surface area contributed by atoms with Gasteiger partial charge in [0.2, 0.25) is 5.91 Å². The summed E-state index contributed by atoms with van der Waals surface area (Å²) in [7, 11) is 0. The molecule has 0 aliphatic heterocycles. The van der Waals surface area contributed by atoms with Crippen molar-refractivity contribution in [3.05, 3.63) is 70.1 Å². The number of H-pyrrole nitrogens is 1. The van der Waals surface area contributed by atoms with E-state index in [1.54, 1.807) is 36.4 Å². The molecule has 7 heteroatoms. The first-order valence-corrected chi connectivity index (χ1v) is 6.75.